The average Bonchev–Trinajstić information content (AvgIpc) is 2.12. The lowest BCUT2D eigenvalue weighted by atomic mass is 10.1. The summed E-state index contributed by atoms with van der Waals surface area (Å²) >= 11 is 0. The van der Waals surface area contributed by atoms with Gasteiger partial charge in [0.1, 0.15) is 0 Å². The lowest BCUT2D eigenvalue weighted by Crippen LogP contribution is -2.12. The van der Waals surface area contributed by atoms with Gasteiger partial charge < -0.3 is 5.73 Å². The van der Waals surface area contributed by atoms with Crippen molar-refractivity contribution >= 4 is 0 Å². The monoisotopic (exact) mass is 188 g/mol. The second-order valence-corrected chi connectivity index (χ2v) is 3.45. The number of pyridine rings is 1. The van der Waals surface area contributed by atoms with Crippen molar-refractivity contribution in [3.8, 4) is 11.8 Å². The van der Waals surface area contributed by atoms with Crippen molar-refractivity contribution in [1.82, 2.24) is 4.98 Å². The van der Waals surface area contributed by atoms with E-state index in [2.05, 4.69) is 23.7 Å². The lowest BCUT2D eigenvalue weighted by molar-refractivity contribution is 0.719. The van der Waals surface area contributed by atoms with Crippen LogP contribution in [0.25, 0.3) is 0 Å². The Morgan fingerprint density at radius 2 is 2.14 bits per heavy atom. The Kier molecular flexibility index (Phi) is 3.67. The van der Waals surface area contributed by atoms with Gasteiger partial charge in [-0.1, -0.05) is 0 Å². The highest BCUT2D eigenvalue weighted by atomic mass is 14.8. The highest BCUT2D eigenvalue weighted by Gasteiger charge is 2.06. The van der Waals surface area contributed by atoms with Crippen LogP contribution in [0.3, 0.4) is 0 Å². The van der Waals surface area contributed by atoms with Crippen LogP contribution in [-0.2, 0) is 0 Å². The molecule has 2 N–H and O–H groups in total. The van der Waals surface area contributed by atoms with E-state index in [9.17, 15) is 0 Å². The first-order chi connectivity index (χ1) is 6.63. The molecule has 0 aliphatic carbocycles. The van der Waals surface area contributed by atoms with Gasteiger partial charge in [-0.25, -0.2) is 0 Å². The highest BCUT2D eigenvalue weighted by molar-refractivity contribution is 5.22. The van der Waals surface area contributed by atoms with Crippen molar-refractivity contribution in [2.24, 2.45) is 5.73 Å². The van der Waals surface area contributed by atoms with Crippen molar-refractivity contribution in [2.75, 3.05) is 0 Å². The number of nitrogens with zero attached hydrogens (tertiary/aromatic N) is 1. The topological polar surface area (TPSA) is 38.9 Å². The van der Waals surface area contributed by atoms with Crippen molar-refractivity contribution in [1.29, 1.82) is 0 Å². The lowest BCUT2D eigenvalue weighted by Gasteiger charge is -2.09. The quantitative estimate of drug-likeness (QED) is 0.722. The van der Waals surface area contributed by atoms with E-state index in [-0.39, 0.29) is 6.04 Å². The molecule has 0 aromatic carbocycles. The summed E-state index contributed by atoms with van der Waals surface area (Å²) in [7, 11) is 0. The molecule has 0 aliphatic rings. The Morgan fingerprint density at radius 1 is 1.43 bits per heavy atom. The molecule has 0 spiro atoms. The van der Waals surface area contributed by atoms with Crippen molar-refractivity contribution in [3.05, 3.63) is 29.1 Å². The molecule has 0 radical (unpaired) electrons. The minimum absolute atomic E-state index is 0.0685. The normalized spacial score (nSPS) is 11.7. The maximum atomic E-state index is 5.95. The molecule has 0 aliphatic heterocycles. The minimum atomic E-state index is -0.0685. The molecule has 0 amide bonds. The van der Waals surface area contributed by atoms with Gasteiger partial charge in [-0.15, -0.1) is 11.8 Å². The molecule has 2 nitrogen and oxygen atoms in total. The fourth-order valence-electron chi connectivity index (χ4n) is 1.38. The zero-order valence-corrected chi connectivity index (χ0v) is 8.96. The van der Waals surface area contributed by atoms with Gasteiger partial charge >= 0.3 is 0 Å². The molecule has 14 heavy (non-hydrogen) atoms. The number of hydrogen-bond acceptors (Lipinski definition) is 2. The van der Waals surface area contributed by atoms with E-state index in [4.69, 9.17) is 5.73 Å². The van der Waals surface area contributed by atoms with E-state index >= 15 is 0 Å². The number of aryl methyl sites for hydroxylation is 2. The van der Waals surface area contributed by atoms with Crippen molar-refractivity contribution < 1.29 is 0 Å². The zero-order chi connectivity index (χ0) is 10.6. The minimum Gasteiger partial charge on any atom is -0.322 e. The molecule has 1 unspecified atom stereocenters. The number of hydrogen-bond donors (Lipinski definition) is 1. The standard InChI is InChI=1S/C12H16N2/c1-4-5-6-11(13)12-8-9(2)7-10(3)14-12/h7-8,11H,6,13H2,1-3H3. The van der Waals surface area contributed by atoms with Crippen LogP contribution in [0.2, 0.25) is 0 Å². The van der Waals surface area contributed by atoms with Crippen LogP contribution < -0.4 is 5.73 Å². The maximum Gasteiger partial charge on any atom is 0.0586 e. The fraction of sp³-hybridized carbons (Fsp3) is 0.417. The van der Waals surface area contributed by atoms with E-state index in [1.807, 2.05) is 26.0 Å². The van der Waals surface area contributed by atoms with E-state index in [1.165, 1.54) is 5.56 Å². The molecule has 0 bridgehead atoms. The summed E-state index contributed by atoms with van der Waals surface area (Å²) in [4.78, 5) is 4.39. The molecule has 0 saturated carbocycles. The Balaban J connectivity index is 2.87. The third-order valence-corrected chi connectivity index (χ3v) is 2.00. The molecule has 1 heterocycles. The van der Waals surface area contributed by atoms with Gasteiger partial charge in [0.2, 0.25) is 0 Å². The van der Waals surface area contributed by atoms with Gasteiger partial charge in [0.15, 0.2) is 0 Å². The van der Waals surface area contributed by atoms with Crippen molar-refractivity contribution in [3.63, 3.8) is 0 Å². The average molecular weight is 188 g/mol. The number of rotatable bonds is 2. The number of aromatic nitrogens is 1. The summed E-state index contributed by atoms with van der Waals surface area (Å²) in [6.07, 6.45) is 0.673. The first kappa shape index (κ1) is 10.7. The SMILES string of the molecule is CC#CCC(N)c1cc(C)cc(C)n1. The third-order valence-electron chi connectivity index (χ3n) is 2.00. The van der Waals surface area contributed by atoms with Gasteiger partial charge in [-0.05, 0) is 38.5 Å². The molecule has 1 aromatic rings. The molecule has 1 aromatic heterocycles. The highest BCUT2D eigenvalue weighted by Crippen LogP contribution is 2.13. The van der Waals surface area contributed by atoms with Gasteiger partial charge in [-0.3, -0.25) is 4.98 Å². The third kappa shape index (κ3) is 2.86. The van der Waals surface area contributed by atoms with Gasteiger partial charge in [0.25, 0.3) is 0 Å². The van der Waals surface area contributed by atoms with Crippen LogP contribution in [0.15, 0.2) is 12.1 Å². The molecule has 74 valence electrons. The largest absolute Gasteiger partial charge is 0.322 e. The van der Waals surface area contributed by atoms with Crippen LogP contribution in [0.4, 0.5) is 0 Å². The van der Waals surface area contributed by atoms with Gasteiger partial charge in [-0.2, -0.15) is 0 Å². The second kappa shape index (κ2) is 4.78. The summed E-state index contributed by atoms with van der Waals surface area (Å²) in [5.74, 6) is 5.81. The van der Waals surface area contributed by atoms with E-state index in [0.717, 1.165) is 11.4 Å². The summed E-state index contributed by atoms with van der Waals surface area (Å²) in [5.41, 5.74) is 9.10. The Labute approximate surface area is 85.5 Å². The first-order valence-electron chi connectivity index (χ1n) is 4.74. The predicted molar refractivity (Wildman–Crippen MR) is 58.7 cm³/mol. The molecule has 1 atom stereocenters. The van der Waals surface area contributed by atoms with Crippen LogP contribution in [0, 0.1) is 25.7 Å². The Hall–Kier alpha value is -1.33. The van der Waals surface area contributed by atoms with E-state index < -0.39 is 0 Å². The van der Waals surface area contributed by atoms with Crippen LogP contribution >= 0.6 is 0 Å². The molecule has 2 heteroatoms. The van der Waals surface area contributed by atoms with E-state index in [1.54, 1.807) is 0 Å². The second-order valence-electron chi connectivity index (χ2n) is 3.45. The summed E-state index contributed by atoms with van der Waals surface area (Å²) in [5, 5.41) is 0. The van der Waals surface area contributed by atoms with Crippen LogP contribution in [0.1, 0.15) is 36.3 Å². The molecular weight excluding hydrogens is 172 g/mol. The van der Waals surface area contributed by atoms with Gasteiger partial charge in [0.05, 0.1) is 11.7 Å². The molecule has 1 rings (SSSR count). The maximum absolute atomic E-state index is 5.95. The first-order valence-corrected chi connectivity index (χ1v) is 4.74. The van der Waals surface area contributed by atoms with Crippen molar-refractivity contribution in [2.45, 2.75) is 33.2 Å². The van der Waals surface area contributed by atoms with Crippen LogP contribution in [-0.4, -0.2) is 4.98 Å². The zero-order valence-electron chi connectivity index (χ0n) is 8.96. The fourth-order valence-corrected chi connectivity index (χ4v) is 1.38. The predicted octanol–water partition coefficient (Wildman–Crippen LogP) is 2.11. The Bertz CT molecular complexity index is 351. The summed E-state index contributed by atoms with van der Waals surface area (Å²) < 4.78 is 0. The summed E-state index contributed by atoms with van der Waals surface area (Å²) in [6.45, 7) is 5.85. The molecular formula is C12H16N2. The summed E-state index contributed by atoms with van der Waals surface area (Å²) in [6, 6.07) is 4.00. The van der Waals surface area contributed by atoms with Crippen LogP contribution in [0.5, 0.6) is 0 Å². The Morgan fingerprint density at radius 3 is 2.71 bits per heavy atom. The van der Waals surface area contributed by atoms with E-state index in [0.29, 0.717) is 6.42 Å². The smallest absolute Gasteiger partial charge is 0.0586 e. The molecule has 0 saturated heterocycles. The number of nitrogens with two attached hydrogens (primary N) is 1. The molecule has 0 fully saturated rings. The van der Waals surface area contributed by atoms with Gasteiger partial charge in [0, 0.05) is 12.1 Å².